The number of fused-ring (bicyclic) bond motifs is 1. The van der Waals surface area contributed by atoms with E-state index in [-0.39, 0.29) is 12.4 Å². The molecule has 0 saturated carbocycles. The van der Waals surface area contributed by atoms with Gasteiger partial charge in [0.15, 0.2) is 6.61 Å². The Hall–Kier alpha value is -3.34. The van der Waals surface area contributed by atoms with Gasteiger partial charge in [-0.25, -0.2) is 4.79 Å². The molecule has 5 nitrogen and oxygen atoms in total. The molecule has 3 aromatic carbocycles. The predicted octanol–water partition coefficient (Wildman–Crippen LogP) is 3.94. The molecule has 0 aliphatic rings. The topological polar surface area (TPSA) is 72.8 Å². The Kier molecular flexibility index (Phi) is 5.71. The van der Waals surface area contributed by atoms with Crippen molar-refractivity contribution in [1.29, 1.82) is 0 Å². The second kappa shape index (κ2) is 8.36. The molecule has 138 valence electrons. The number of phenolic OH excluding ortho intramolecular Hbond substituents is 1. The van der Waals surface area contributed by atoms with E-state index in [1.807, 2.05) is 42.5 Å². The first-order valence-electron chi connectivity index (χ1n) is 8.62. The summed E-state index contributed by atoms with van der Waals surface area (Å²) >= 11 is 0. The molecule has 0 aliphatic carbocycles. The number of aromatic hydroxyl groups is 1. The zero-order chi connectivity index (χ0) is 19.2. The number of phenols is 1. The zero-order valence-electron chi connectivity index (χ0n) is 14.9. The van der Waals surface area contributed by atoms with Gasteiger partial charge >= 0.3 is 11.9 Å². The first-order valence-corrected chi connectivity index (χ1v) is 8.62. The molecule has 0 spiro atoms. The highest BCUT2D eigenvalue weighted by Gasteiger charge is 2.19. The molecular formula is C22H20O5. The van der Waals surface area contributed by atoms with E-state index in [9.17, 15) is 14.7 Å². The van der Waals surface area contributed by atoms with E-state index in [2.05, 4.69) is 0 Å². The molecule has 0 bridgehead atoms. The van der Waals surface area contributed by atoms with Crippen LogP contribution in [0.4, 0.5) is 0 Å². The van der Waals surface area contributed by atoms with Crippen molar-refractivity contribution >= 4 is 22.7 Å². The summed E-state index contributed by atoms with van der Waals surface area (Å²) in [7, 11) is 0. The number of carbonyl (C=O) groups is 2. The molecule has 0 fully saturated rings. The van der Waals surface area contributed by atoms with Gasteiger partial charge in [-0.15, -0.1) is 0 Å². The largest absolute Gasteiger partial charge is 0.508 e. The second-order valence-corrected chi connectivity index (χ2v) is 6.27. The first kappa shape index (κ1) is 18.5. The van der Waals surface area contributed by atoms with Crippen molar-refractivity contribution in [1.82, 2.24) is 0 Å². The Morgan fingerprint density at radius 1 is 0.926 bits per heavy atom. The molecule has 0 aromatic heterocycles. The number of esters is 2. The van der Waals surface area contributed by atoms with Crippen LogP contribution in [-0.2, 0) is 25.7 Å². The van der Waals surface area contributed by atoms with Gasteiger partial charge in [0.2, 0.25) is 0 Å². The lowest BCUT2D eigenvalue weighted by Gasteiger charge is -2.12. The van der Waals surface area contributed by atoms with Crippen molar-refractivity contribution in [3.05, 3.63) is 77.9 Å². The molecule has 0 amide bonds. The molecule has 3 rings (SSSR count). The van der Waals surface area contributed by atoms with Crippen LogP contribution in [0.2, 0.25) is 0 Å². The Bertz CT molecular complexity index is 949. The standard InChI is InChI=1S/C22H20O5/c1-15(17-7-8-19-12-20(23)10-9-18(19)11-17)22(25)27-14-21(24)26-13-16-5-3-2-4-6-16/h2-12,15,23H,13-14H2,1H3. The molecule has 3 aromatic rings. The van der Waals surface area contributed by atoms with Gasteiger partial charge in [-0.05, 0) is 41.0 Å². The monoisotopic (exact) mass is 364 g/mol. The summed E-state index contributed by atoms with van der Waals surface area (Å²) in [6, 6.07) is 19.8. The van der Waals surface area contributed by atoms with Gasteiger partial charge < -0.3 is 14.6 Å². The van der Waals surface area contributed by atoms with Crippen molar-refractivity contribution in [2.75, 3.05) is 6.61 Å². The van der Waals surface area contributed by atoms with E-state index in [4.69, 9.17) is 9.47 Å². The minimum Gasteiger partial charge on any atom is -0.508 e. The molecule has 1 N–H and O–H groups in total. The van der Waals surface area contributed by atoms with E-state index < -0.39 is 24.5 Å². The fourth-order valence-corrected chi connectivity index (χ4v) is 2.69. The van der Waals surface area contributed by atoms with Gasteiger partial charge in [-0.2, -0.15) is 0 Å². The van der Waals surface area contributed by atoms with Crippen LogP contribution in [0.1, 0.15) is 24.0 Å². The molecule has 0 heterocycles. The van der Waals surface area contributed by atoms with Crippen LogP contribution in [0.15, 0.2) is 66.7 Å². The molecule has 1 atom stereocenters. The summed E-state index contributed by atoms with van der Waals surface area (Å²) in [5, 5.41) is 11.3. The van der Waals surface area contributed by atoms with Crippen LogP contribution in [0.5, 0.6) is 5.75 Å². The Labute approximate surface area is 157 Å². The number of carbonyl (C=O) groups excluding carboxylic acids is 2. The summed E-state index contributed by atoms with van der Waals surface area (Å²) in [5.74, 6) is -1.42. The van der Waals surface area contributed by atoms with Crippen molar-refractivity contribution in [3.8, 4) is 5.75 Å². The van der Waals surface area contributed by atoms with Crippen LogP contribution in [0, 0.1) is 0 Å². The first-order chi connectivity index (χ1) is 13.0. The number of hydrogen-bond donors (Lipinski definition) is 1. The van der Waals surface area contributed by atoms with Gasteiger partial charge in [-0.1, -0.05) is 54.6 Å². The van der Waals surface area contributed by atoms with Gasteiger partial charge in [0.05, 0.1) is 5.92 Å². The molecule has 0 aliphatic heterocycles. The minimum absolute atomic E-state index is 0.143. The summed E-state index contributed by atoms with van der Waals surface area (Å²) in [5.41, 5.74) is 1.64. The van der Waals surface area contributed by atoms with Crippen molar-refractivity contribution in [2.45, 2.75) is 19.4 Å². The third-order valence-corrected chi connectivity index (χ3v) is 4.28. The lowest BCUT2D eigenvalue weighted by atomic mass is 9.98. The Morgan fingerprint density at radius 2 is 1.63 bits per heavy atom. The highest BCUT2D eigenvalue weighted by atomic mass is 16.6. The number of rotatable bonds is 6. The molecule has 5 heteroatoms. The summed E-state index contributed by atoms with van der Waals surface area (Å²) in [6.07, 6.45) is 0. The maximum Gasteiger partial charge on any atom is 0.344 e. The quantitative estimate of drug-likeness (QED) is 0.671. The number of ether oxygens (including phenoxy) is 2. The van der Waals surface area contributed by atoms with Crippen molar-refractivity contribution < 1.29 is 24.2 Å². The predicted molar refractivity (Wildman–Crippen MR) is 101 cm³/mol. The van der Waals surface area contributed by atoms with Crippen LogP contribution in [-0.4, -0.2) is 23.7 Å². The summed E-state index contributed by atoms with van der Waals surface area (Å²) in [4.78, 5) is 24.0. The van der Waals surface area contributed by atoms with Crippen LogP contribution >= 0.6 is 0 Å². The molecule has 0 saturated heterocycles. The minimum atomic E-state index is -0.589. The smallest absolute Gasteiger partial charge is 0.344 e. The maximum absolute atomic E-state index is 12.2. The third-order valence-electron chi connectivity index (χ3n) is 4.28. The SMILES string of the molecule is CC(C(=O)OCC(=O)OCc1ccccc1)c1ccc2cc(O)ccc2c1. The van der Waals surface area contributed by atoms with E-state index in [0.29, 0.717) is 0 Å². The average Bonchev–Trinajstić information content (AvgIpc) is 2.70. The van der Waals surface area contributed by atoms with Gasteiger partial charge in [-0.3, -0.25) is 4.79 Å². The highest BCUT2D eigenvalue weighted by Crippen LogP contribution is 2.25. The second-order valence-electron chi connectivity index (χ2n) is 6.27. The molecule has 1 unspecified atom stereocenters. The zero-order valence-corrected chi connectivity index (χ0v) is 14.9. The Morgan fingerprint density at radius 3 is 2.41 bits per heavy atom. The average molecular weight is 364 g/mol. The van der Waals surface area contributed by atoms with Crippen molar-refractivity contribution in [3.63, 3.8) is 0 Å². The van der Waals surface area contributed by atoms with Gasteiger partial charge in [0.25, 0.3) is 0 Å². The highest BCUT2D eigenvalue weighted by molar-refractivity contribution is 5.87. The molecule has 0 radical (unpaired) electrons. The van der Waals surface area contributed by atoms with Crippen LogP contribution in [0.25, 0.3) is 10.8 Å². The fraction of sp³-hybridized carbons (Fsp3) is 0.182. The lowest BCUT2D eigenvalue weighted by molar-refractivity contribution is -0.160. The molecular weight excluding hydrogens is 344 g/mol. The van der Waals surface area contributed by atoms with Gasteiger partial charge in [0.1, 0.15) is 12.4 Å². The van der Waals surface area contributed by atoms with Crippen LogP contribution < -0.4 is 0 Å². The number of benzene rings is 3. The van der Waals surface area contributed by atoms with Gasteiger partial charge in [0, 0.05) is 0 Å². The fourth-order valence-electron chi connectivity index (χ4n) is 2.69. The third kappa shape index (κ3) is 4.85. The maximum atomic E-state index is 12.2. The van der Waals surface area contributed by atoms with E-state index in [0.717, 1.165) is 21.9 Å². The van der Waals surface area contributed by atoms with E-state index in [1.54, 1.807) is 31.2 Å². The number of hydrogen-bond acceptors (Lipinski definition) is 5. The van der Waals surface area contributed by atoms with Crippen molar-refractivity contribution in [2.24, 2.45) is 0 Å². The normalized spacial score (nSPS) is 11.7. The Balaban J connectivity index is 1.54. The van der Waals surface area contributed by atoms with E-state index >= 15 is 0 Å². The molecule has 27 heavy (non-hydrogen) atoms. The van der Waals surface area contributed by atoms with E-state index in [1.165, 1.54) is 0 Å². The van der Waals surface area contributed by atoms with Crippen LogP contribution in [0.3, 0.4) is 0 Å². The lowest BCUT2D eigenvalue weighted by Crippen LogP contribution is -2.20. The summed E-state index contributed by atoms with van der Waals surface area (Å²) in [6.45, 7) is 1.45. The summed E-state index contributed by atoms with van der Waals surface area (Å²) < 4.78 is 10.2.